The van der Waals surface area contributed by atoms with Crippen LogP contribution in [0.4, 0.5) is 5.69 Å². The van der Waals surface area contributed by atoms with Crippen LogP contribution in [0, 0.1) is 17.0 Å². The molecule has 0 aliphatic rings. The third-order valence-corrected chi connectivity index (χ3v) is 7.64. The van der Waals surface area contributed by atoms with Crippen molar-refractivity contribution in [2.45, 2.75) is 6.92 Å². The number of nitrogens with one attached hydrogen (secondary N) is 1. The molecule has 1 N–H and O–H groups in total. The Balaban J connectivity index is 0.00000461. The van der Waals surface area contributed by atoms with Crippen LogP contribution in [0.5, 0.6) is 0 Å². The SMILES string of the molecule is Cc1nc(-n2nc(-c3ccccc3)cc2-c2ccccc2)sc1C(/C=C/c1cccc([N+](=O)[O-])c1)=N/NC(=O)C[N+](C)(C)C.[Cl-]. The lowest BCUT2D eigenvalue weighted by atomic mass is 10.1. The Hall–Kier alpha value is -4.97. The molecule has 12 heteroatoms. The highest BCUT2D eigenvalue weighted by molar-refractivity contribution is 7.16. The van der Waals surface area contributed by atoms with Crippen molar-refractivity contribution < 1.29 is 26.6 Å². The molecule has 0 aliphatic carbocycles. The van der Waals surface area contributed by atoms with Crippen LogP contribution in [-0.4, -0.2) is 63.5 Å². The summed E-state index contributed by atoms with van der Waals surface area (Å²) in [5.74, 6) is -0.243. The first-order chi connectivity index (χ1) is 21.1. The van der Waals surface area contributed by atoms with E-state index in [0.29, 0.717) is 26.6 Å². The Morgan fingerprint density at radius 1 is 1.00 bits per heavy atom. The van der Waals surface area contributed by atoms with Gasteiger partial charge in [0.2, 0.25) is 5.13 Å². The number of quaternary nitrogens is 1. The molecule has 5 rings (SSSR count). The minimum Gasteiger partial charge on any atom is -1.00 e. The van der Waals surface area contributed by atoms with E-state index in [1.807, 2.05) is 99.5 Å². The minimum absolute atomic E-state index is 0. The number of nitro groups is 1. The molecule has 0 fully saturated rings. The number of thiazole rings is 1. The Labute approximate surface area is 271 Å². The van der Waals surface area contributed by atoms with E-state index in [9.17, 15) is 14.9 Å². The Morgan fingerprint density at radius 2 is 1.67 bits per heavy atom. The smallest absolute Gasteiger partial charge is 0.295 e. The molecule has 1 amide bonds. The summed E-state index contributed by atoms with van der Waals surface area (Å²) in [6.45, 7) is 2.11. The second kappa shape index (κ2) is 14.2. The van der Waals surface area contributed by atoms with Crippen molar-refractivity contribution >= 4 is 34.7 Å². The molecule has 230 valence electrons. The van der Waals surface area contributed by atoms with Crippen LogP contribution < -0.4 is 17.8 Å². The van der Waals surface area contributed by atoms with Crippen LogP contribution in [0.25, 0.3) is 33.7 Å². The molecule has 2 heterocycles. The van der Waals surface area contributed by atoms with Gasteiger partial charge in [-0.25, -0.2) is 15.1 Å². The maximum absolute atomic E-state index is 12.7. The Kier molecular flexibility index (Phi) is 10.4. The number of amides is 1. The maximum atomic E-state index is 12.7. The first-order valence-corrected chi connectivity index (χ1v) is 14.7. The second-order valence-electron chi connectivity index (χ2n) is 11.1. The number of carbonyl (C=O) groups is 1. The molecule has 0 atom stereocenters. The van der Waals surface area contributed by atoms with Gasteiger partial charge in [-0.05, 0) is 24.6 Å². The van der Waals surface area contributed by atoms with Crippen LogP contribution >= 0.6 is 11.3 Å². The number of nitro benzene ring substituents is 1. The number of rotatable bonds is 10. The molecule has 0 unspecified atom stereocenters. The van der Waals surface area contributed by atoms with Gasteiger partial charge < -0.3 is 16.9 Å². The molecule has 0 radical (unpaired) electrons. The van der Waals surface area contributed by atoms with E-state index in [2.05, 4.69) is 10.5 Å². The lowest BCUT2D eigenvalue weighted by Gasteiger charge is -2.22. The van der Waals surface area contributed by atoms with Crippen molar-refractivity contribution in [3.8, 4) is 27.6 Å². The van der Waals surface area contributed by atoms with Gasteiger partial charge >= 0.3 is 0 Å². The molecule has 0 saturated heterocycles. The van der Waals surface area contributed by atoms with Crippen molar-refractivity contribution in [3.05, 3.63) is 123 Å². The van der Waals surface area contributed by atoms with E-state index in [1.54, 1.807) is 24.3 Å². The number of carbonyl (C=O) groups excluding carboxylic acids is 1. The third-order valence-electron chi connectivity index (χ3n) is 6.48. The highest BCUT2D eigenvalue weighted by Gasteiger charge is 2.20. The fourth-order valence-electron chi connectivity index (χ4n) is 4.47. The van der Waals surface area contributed by atoms with Gasteiger partial charge in [-0.2, -0.15) is 10.2 Å². The first kappa shape index (κ1) is 32.9. The third kappa shape index (κ3) is 8.36. The fourth-order valence-corrected chi connectivity index (χ4v) is 5.47. The number of non-ortho nitro benzene ring substituents is 1. The van der Waals surface area contributed by atoms with Crippen LogP contribution in [-0.2, 0) is 4.79 Å². The average molecular weight is 642 g/mol. The molecular weight excluding hydrogens is 610 g/mol. The van der Waals surface area contributed by atoms with Crippen LogP contribution in [0.15, 0.2) is 102 Å². The number of hydrogen-bond donors (Lipinski definition) is 1. The molecular formula is C33H32ClN7O3S. The summed E-state index contributed by atoms with van der Waals surface area (Å²) < 4.78 is 2.27. The molecule has 2 aromatic heterocycles. The number of aromatic nitrogens is 3. The molecule has 10 nitrogen and oxygen atoms in total. The largest absolute Gasteiger partial charge is 1.00 e. The van der Waals surface area contributed by atoms with Gasteiger partial charge in [0.25, 0.3) is 11.6 Å². The lowest BCUT2D eigenvalue weighted by Crippen LogP contribution is -3.00. The number of nitrogens with zero attached hydrogens (tertiary/aromatic N) is 6. The van der Waals surface area contributed by atoms with Gasteiger partial charge in [0.05, 0.1) is 48.0 Å². The van der Waals surface area contributed by atoms with Gasteiger partial charge in [-0.1, -0.05) is 90.2 Å². The van der Waals surface area contributed by atoms with E-state index in [0.717, 1.165) is 27.4 Å². The number of hydrogen-bond acceptors (Lipinski definition) is 7. The van der Waals surface area contributed by atoms with Crippen LogP contribution in [0.3, 0.4) is 0 Å². The molecule has 0 bridgehead atoms. The van der Waals surface area contributed by atoms with Crippen molar-refractivity contribution in [1.82, 2.24) is 20.2 Å². The van der Waals surface area contributed by atoms with E-state index < -0.39 is 4.92 Å². The Bertz CT molecular complexity index is 1860. The zero-order valence-electron chi connectivity index (χ0n) is 25.2. The Morgan fingerprint density at radius 3 is 2.31 bits per heavy atom. The monoisotopic (exact) mass is 641 g/mol. The van der Waals surface area contributed by atoms with E-state index in [-0.39, 0.29) is 30.5 Å². The lowest BCUT2D eigenvalue weighted by molar-refractivity contribution is -0.862. The summed E-state index contributed by atoms with van der Waals surface area (Å²) in [6.07, 6.45) is 3.46. The van der Waals surface area contributed by atoms with Gasteiger partial charge in [0.1, 0.15) is 5.71 Å². The summed E-state index contributed by atoms with van der Waals surface area (Å²) in [5.41, 5.74) is 8.11. The van der Waals surface area contributed by atoms with Gasteiger partial charge in [0.15, 0.2) is 6.54 Å². The van der Waals surface area contributed by atoms with Gasteiger partial charge in [0, 0.05) is 23.3 Å². The summed E-state index contributed by atoms with van der Waals surface area (Å²) in [5, 5.41) is 21.4. The molecule has 0 aliphatic heterocycles. The van der Waals surface area contributed by atoms with Crippen molar-refractivity contribution in [3.63, 3.8) is 0 Å². The normalized spacial score (nSPS) is 11.8. The predicted octanol–water partition coefficient (Wildman–Crippen LogP) is 3.12. The second-order valence-corrected chi connectivity index (χ2v) is 12.1. The first-order valence-electron chi connectivity index (χ1n) is 13.9. The van der Waals surface area contributed by atoms with Crippen LogP contribution in [0.1, 0.15) is 16.1 Å². The highest BCUT2D eigenvalue weighted by atomic mass is 35.5. The average Bonchev–Trinajstić information content (AvgIpc) is 3.61. The standard InChI is InChI=1S/C33H31N7O3S.ClH/c1-23-32(28(35-36-31(41)22-40(2,3)4)19-18-24-12-11-17-27(20-24)39(42)43)44-33(34-23)38-30(26-15-9-6-10-16-26)21-29(37-38)25-13-7-5-8-14-25;/h5-21H,22H2,1-4H3;1H/b19-18+,35-28+;. The molecule has 5 aromatic rings. The summed E-state index contributed by atoms with van der Waals surface area (Å²) in [7, 11) is 5.76. The van der Waals surface area contributed by atoms with E-state index >= 15 is 0 Å². The highest BCUT2D eigenvalue weighted by Crippen LogP contribution is 2.31. The minimum atomic E-state index is -0.435. The summed E-state index contributed by atoms with van der Waals surface area (Å²) in [6, 6.07) is 28.3. The predicted molar refractivity (Wildman–Crippen MR) is 175 cm³/mol. The van der Waals surface area contributed by atoms with Crippen molar-refractivity contribution in [2.24, 2.45) is 5.10 Å². The summed E-state index contributed by atoms with van der Waals surface area (Å²) >= 11 is 1.39. The van der Waals surface area contributed by atoms with E-state index in [1.165, 1.54) is 23.5 Å². The number of benzene rings is 3. The quantitative estimate of drug-likeness (QED) is 0.109. The molecule has 3 aromatic carbocycles. The number of allylic oxidation sites excluding steroid dienone is 1. The van der Waals surface area contributed by atoms with E-state index in [4.69, 9.17) is 10.1 Å². The van der Waals surface area contributed by atoms with Crippen molar-refractivity contribution in [1.29, 1.82) is 0 Å². The fraction of sp³-hybridized carbons (Fsp3) is 0.152. The molecule has 0 spiro atoms. The van der Waals surface area contributed by atoms with Crippen molar-refractivity contribution in [2.75, 3.05) is 27.7 Å². The maximum Gasteiger partial charge on any atom is 0.295 e. The number of halogens is 1. The zero-order chi connectivity index (χ0) is 31.3. The van der Waals surface area contributed by atoms with Crippen LogP contribution in [0.2, 0.25) is 0 Å². The van der Waals surface area contributed by atoms with Gasteiger partial charge in [-0.15, -0.1) is 0 Å². The number of likely N-dealkylation sites (N-methyl/N-ethyl adjacent to an activating group) is 1. The molecule has 0 saturated carbocycles. The van der Waals surface area contributed by atoms with Gasteiger partial charge in [-0.3, -0.25) is 14.9 Å². The number of hydrazone groups is 1. The summed E-state index contributed by atoms with van der Waals surface area (Å²) in [4.78, 5) is 29.1. The number of aryl methyl sites for hydroxylation is 1. The molecule has 45 heavy (non-hydrogen) atoms. The zero-order valence-corrected chi connectivity index (χ0v) is 26.8. The topological polar surface area (TPSA) is 115 Å².